The lowest BCUT2D eigenvalue weighted by atomic mass is 10.0. The Balaban J connectivity index is 2.52. The third kappa shape index (κ3) is 2.01. The van der Waals surface area contributed by atoms with Crippen molar-refractivity contribution >= 4 is 16.7 Å². The number of primary amides is 1. The van der Waals surface area contributed by atoms with Crippen molar-refractivity contribution in [3.8, 4) is 5.69 Å². The Bertz CT molecular complexity index is 896. The lowest BCUT2D eigenvalue weighted by Crippen LogP contribution is -2.26. The SMILES string of the molecule is Cc1c(C(N)=O)c2ccccc2c(=O)n1-c1ccccc1. The smallest absolute Gasteiger partial charge is 0.263 e. The van der Waals surface area contributed by atoms with Crippen LogP contribution >= 0.6 is 0 Å². The van der Waals surface area contributed by atoms with Gasteiger partial charge in [-0.1, -0.05) is 36.4 Å². The summed E-state index contributed by atoms with van der Waals surface area (Å²) in [5, 5.41) is 1.08. The first-order chi connectivity index (χ1) is 10.1. The van der Waals surface area contributed by atoms with E-state index in [2.05, 4.69) is 0 Å². The maximum atomic E-state index is 12.7. The largest absolute Gasteiger partial charge is 0.366 e. The number of hydrogen-bond acceptors (Lipinski definition) is 2. The van der Waals surface area contributed by atoms with Crippen LogP contribution in [0.25, 0.3) is 16.5 Å². The molecular formula is C17H14N2O2. The van der Waals surface area contributed by atoms with Crippen molar-refractivity contribution < 1.29 is 4.79 Å². The molecule has 0 aliphatic rings. The summed E-state index contributed by atoms with van der Waals surface area (Å²) >= 11 is 0. The second-order valence-electron chi connectivity index (χ2n) is 4.85. The van der Waals surface area contributed by atoms with Crippen molar-refractivity contribution in [2.45, 2.75) is 6.92 Å². The highest BCUT2D eigenvalue weighted by Gasteiger charge is 2.17. The average molecular weight is 278 g/mol. The van der Waals surface area contributed by atoms with E-state index in [-0.39, 0.29) is 5.56 Å². The van der Waals surface area contributed by atoms with Crippen molar-refractivity contribution in [2.24, 2.45) is 5.73 Å². The van der Waals surface area contributed by atoms with E-state index in [4.69, 9.17) is 5.73 Å². The predicted molar refractivity (Wildman–Crippen MR) is 82.8 cm³/mol. The van der Waals surface area contributed by atoms with Crippen LogP contribution in [-0.4, -0.2) is 10.5 Å². The number of aromatic nitrogens is 1. The standard InChI is InChI=1S/C17H14N2O2/c1-11-15(16(18)20)13-9-5-6-10-14(13)17(21)19(11)12-7-3-2-4-8-12/h2-10H,1H3,(H2,18,20). The number of carbonyl (C=O) groups excluding carboxylic acids is 1. The summed E-state index contributed by atoms with van der Waals surface area (Å²) in [5.74, 6) is -0.534. The van der Waals surface area contributed by atoms with Crippen molar-refractivity contribution in [1.82, 2.24) is 4.57 Å². The Morgan fingerprint density at radius 3 is 2.14 bits per heavy atom. The van der Waals surface area contributed by atoms with Gasteiger partial charge in [0, 0.05) is 22.2 Å². The second kappa shape index (κ2) is 4.90. The van der Waals surface area contributed by atoms with E-state index in [1.165, 1.54) is 4.57 Å². The molecule has 0 saturated heterocycles. The van der Waals surface area contributed by atoms with Gasteiger partial charge in [-0.3, -0.25) is 14.2 Å². The molecule has 1 amide bonds. The fraction of sp³-hybridized carbons (Fsp3) is 0.0588. The average Bonchev–Trinajstić information content (AvgIpc) is 2.48. The fourth-order valence-electron chi connectivity index (χ4n) is 2.67. The molecule has 3 rings (SSSR count). The van der Waals surface area contributed by atoms with Gasteiger partial charge < -0.3 is 5.73 Å². The molecule has 0 spiro atoms. The minimum atomic E-state index is -0.534. The zero-order valence-corrected chi connectivity index (χ0v) is 11.5. The van der Waals surface area contributed by atoms with Crippen molar-refractivity contribution in [3.05, 3.63) is 76.2 Å². The van der Waals surface area contributed by atoms with Crippen molar-refractivity contribution in [3.63, 3.8) is 0 Å². The van der Waals surface area contributed by atoms with Crippen LogP contribution in [0, 0.1) is 6.92 Å². The van der Waals surface area contributed by atoms with E-state index < -0.39 is 5.91 Å². The molecule has 1 heterocycles. The number of benzene rings is 2. The molecular weight excluding hydrogens is 264 g/mol. The van der Waals surface area contributed by atoms with E-state index in [0.29, 0.717) is 27.7 Å². The minimum Gasteiger partial charge on any atom is -0.366 e. The lowest BCUT2D eigenvalue weighted by Gasteiger charge is -2.15. The second-order valence-corrected chi connectivity index (χ2v) is 4.85. The van der Waals surface area contributed by atoms with Crippen molar-refractivity contribution in [1.29, 1.82) is 0 Å². The highest BCUT2D eigenvalue weighted by molar-refractivity contribution is 6.07. The topological polar surface area (TPSA) is 65.1 Å². The van der Waals surface area contributed by atoms with Crippen LogP contribution in [0.4, 0.5) is 0 Å². The molecule has 2 aromatic carbocycles. The maximum Gasteiger partial charge on any atom is 0.263 e. The molecule has 3 aromatic rings. The molecule has 21 heavy (non-hydrogen) atoms. The van der Waals surface area contributed by atoms with Crippen LogP contribution in [0.5, 0.6) is 0 Å². The molecule has 104 valence electrons. The summed E-state index contributed by atoms with van der Waals surface area (Å²) in [6.07, 6.45) is 0. The van der Waals surface area contributed by atoms with E-state index in [9.17, 15) is 9.59 Å². The van der Waals surface area contributed by atoms with Gasteiger partial charge in [0.15, 0.2) is 0 Å². The number of carbonyl (C=O) groups is 1. The summed E-state index contributed by atoms with van der Waals surface area (Å²) in [5.41, 5.74) is 7.02. The van der Waals surface area contributed by atoms with Crippen LogP contribution in [-0.2, 0) is 0 Å². The molecule has 0 aliphatic carbocycles. The number of para-hydroxylation sites is 1. The van der Waals surface area contributed by atoms with Gasteiger partial charge in [-0.25, -0.2) is 0 Å². The lowest BCUT2D eigenvalue weighted by molar-refractivity contribution is 0.100. The minimum absolute atomic E-state index is 0.153. The number of fused-ring (bicyclic) bond motifs is 1. The fourth-order valence-corrected chi connectivity index (χ4v) is 2.67. The van der Waals surface area contributed by atoms with E-state index in [0.717, 1.165) is 0 Å². The molecule has 0 fully saturated rings. The van der Waals surface area contributed by atoms with Crippen molar-refractivity contribution in [2.75, 3.05) is 0 Å². The van der Waals surface area contributed by atoms with Crippen LogP contribution in [0.2, 0.25) is 0 Å². The number of nitrogens with zero attached hydrogens (tertiary/aromatic N) is 1. The number of hydrogen-bond donors (Lipinski definition) is 1. The van der Waals surface area contributed by atoms with Gasteiger partial charge in [0.1, 0.15) is 0 Å². The Morgan fingerprint density at radius 1 is 0.952 bits per heavy atom. The zero-order chi connectivity index (χ0) is 15.0. The summed E-state index contributed by atoms with van der Waals surface area (Å²) in [6.45, 7) is 1.74. The van der Waals surface area contributed by atoms with Crippen LogP contribution < -0.4 is 11.3 Å². The highest BCUT2D eigenvalue weighted by atomic mass is 16.1. The molecule has 2 N–H and O–H groups in total. The zero-order valence-electron chi connectivity index (χ0n) is 11.5. The van der Waals surface area contributed by atoms with E-state index >= 15 is 0 Å². The van der Waals surface area contributed by atoms with E-state index in [1.54, 1.807) is 31.2 Å². The van der Waals surface area contributed by atoms with Gasteiger partial charge in [-0.15, -0.1) is 0 Å². The molecule has 0 saturated carbocycles. The maximum absolute atomic E-state index is 12.7. The number of amides is 1. The highest BCUT2D eigenvalue weighted by Crippen LogP contribution is 2.21. The Morgan fingerprint density at radius 2 is 1.52 bits per heavy atom. The van der Waals surface area contributed by atoms with Gasteiger partial charge in [0.05, 0.1) is 5.56 Å². The molecule has 0 unspecified atom stereocenters. The molecule has 0 bridgehead atoms. The first-order valence-electron chi connectivity index (χ1n) is 6.61. The number of pyridine rings is 1. The van der Waals surface area contributed by atoms with Gasteiger partial charge in [-0.05, 0) is 25.1 Å². The monoisotopic (exact) mass is 278 g/mol. The Kier molecular flexibility index (Phi) is 3.06. The van der Waals surface area contributed by atoms with Crippen LogP contribution in [0.15, 0.2) is 59.4 Å². The third-order valence-corrected chi connectivity index (χ3v) is 3.59. The quantitative estimate of drug-likeness (QED) is 0.782. The Hall–Kier alpha value is -2.88. The normalized spacial score (nSPS) is 10.7. The van der Waals surface area contributed by atoms with Crippen LogP contribution in [0.3, 0.4) is 0 Å². The first kappa shape index (κ1) is 13.1. The summed E-state index contributed by atoms with van der Waals surface area (Å²) in [7, 11) is 0. The first-order valence-corrected chi connectivity index (χ1v) is 6.61. The Labute approximate surface area is 121 Å². The number of nitrogens with two attached hydrogens (primary N) is 1. The predicted octanol–water partition coefficient (Wildman–Crippen LogP) is 2.40. The molecule has 0 atom stereocenters. The molecule has 1 aromatic heterocycles. The molecule has 0 aliphatic heterocycles. The van der Waals surface area contributed by atoms with Gasteiger partial charge in [0.2, 0.25) is 0 Å². The summed E-state index contributed by atoms with van der Waals surface area (Å²) in [6, 6.07) is 16.3. The third-order valence-electron chi connectivity index (χ3n) is 3.59. The molecule has 4 heteroatoms. The molecule has 0 radical (unpaired) electrons. The summed E-state index contributed by atoms with van der Waals surface area (Å²) < 4.78 is 1.53. The molecule has 4 nitrogen and oxygen atoms in total. The van der Waals surface area contributed by atoms with Gasteiger partial charge in [-0.2, -0.15) is 0 Å². The van der Waals surface area contributed by atoms with Crippen LogP contribution in [0.1, 0.15) is 16.1 Å². The number of rotatable bonds is 2. The van der Waals surface area contributed by atoms with Gasteiger partial charge >= 0.3 is 0 Å². The summed E-state index contributed by atoms with van der Waals surface area (Å²) in [4.78, 5) is 24.6. The van der Waals surface area contributed by atoms with Gasteiger partial charge in [0.25, 0.3) is 11.5 Å². The van der Waals surface area contributed by atoms with E-state index in [1.807, 2.05) is 30.3 Å².